The van der Waals surface area contributed by atoms with Crippen LogP contribution in [-0.2, 0) is 0 Å². The summed E-state index contributed by atoms with van der Waals surface area (Å²) in [5.74, 6) is 0. The number of benzene rings is 1. The van der Waals surface area contributed by atoms with E-state index in [2.05, 4.69) is 66.7 Å². The van der Waals surface area contributed by atoms with E-state index in [4.69, 9.17) is 0 Å². The summed E-state index contributed by atoms with van der Waals surface area (Å²) in [6, 6.07) is 10.4. The minimum absolute atomic E-state index is 0.991. The van der Waals surface area contributed by atoms with Gasteiger partial charge >= 0.3 is 0 Å². The van der Waals surface area contributed by atoms with Gasteiger partial charge in [-0.2, -0.15) is 0 Å². The first-order chi connectivity index (χ1) is 7.34. The SMILES string of the molecule is CN1C=CC(C=Cc2ccccc2)=CC1. The van der Waals surface area contributed by atoms with Crippen LogP contribution in [0, 0.1) is 0 Å². The van der Waals surface area contributed by atoms with Crippen LogP contribution in [0.3, 0.4) is 0 Å². The lowest BCUT2D eigenvalue weighted by atomic mass is 10.1. The molecule has 15 heavy (non-hydrogen) atoms. The van der Waals surface area contributed by atoms with Crippen molar-refractivity contribution in [2.45, 2.75) is 0 Å². The molecule has 1 aliphatic heterocycles. The molecule has 0 amide bonds. The zero-order chi connectivity index (χ0) is 10.5. The maximum Gasteiger partial charge on any atom is 0.0359 e. The molecule has 0 fully saturated rings. The van der Waals surface area contributed by atoms with Gasteiger partial charge in [0.25, 0.3) is 0 Å². The van der Waals surface area contributed by atoms with Gasteiger partial charge in [0, 0.05) is 13.6 Å². The molecule has 0 radical (unpaired) electrons. The first-order valence-electron chi connectivity index (χ1n) is 5.16. The van der Waals surface area contributed by atoms with E-state index in [-0.39, 0.29) is 0 Å². The fourth-order valence-electron chi connectivity index (χ4n) is 1.47. The predicted molar refractivity (Wildman–Crippen MR) is 65.3 cm³/mol. The highest BCUT2D eigenvalue weighted by Crippen LogP contribution is 2.09. The van der Waals surface area contributed by atoms with Crippen LogP contribution in [0.2, 0.25) is 0 Å². The molecule has 1 heterocycles. The summed E-state index contributed by atoms with van der Waals surface area (Å²) < 4.78 is 0. The third-order valence-corrected chi connectivity index (χ3v) is 2.40. The summed E-state index contributed by atoms with van der Waals surface area (Å²) in [6.07, 6.45) is 10.7. The number of hydrogen-bond donors (Lipinski definition) is 0. The first kappa shape index (κ1) is 9.78. The van der Waals surface area contributed by atoms with Gasteiger partial charge in [-0.1, -0.05) is 48.6 Å². The molecule has 1 heteroatoms. The molecule has 1 aromatic carbocycles. The molecule has 0 saturated carbocycles. The van der Waals surface area contributed by atoms with Gasteiger partial charge < -0.3 is 4.90 Å². The Morgan fingerprint density at radius 3 is 2.60 bits per heavy atom. The third kappa shape index (κ3) is 2.84. The van der Waals surface area contributed by atoms with Crippen molar-refractivity contribution in [3.63, 3.8) is 0 Å². The Morgan fingerprint density at radius 1 is 1.13 bits per heavy atom. The lowest BCUT2D eigenvalue weighted by molar-refractivity contribution is 0.503. The Kier molecular flexibility index (Phi) is 3.03. The van der Waals surface area contributed by atoms with Gasteiger partial charge in [0.2, 0.25) is 0 Å². The van der Waals surface area contributed by atoms with Crippen LogP contribution >= 0.6 is 0 Å². The third-order valence-electron chi connectivity index (χ3n) is 2.40. The highest BCUT2D eigenvalue weighted by molar-refractivity contribution is 5.54. The maximum atomic E-state index is 2.22. The highest BCUT2D eigenvalue weighted by atomic mass is 15.1. The highest BCUT2D eigenvalue weighted by Gasteiger charge is 1.96. The molecule has 0 atom stereocenters. The summed E-state index contributed by atoms with van der Waals surface area (Å²) in [5.41, 5.74) is 2.52. The van der Waals surface area contributed by atoms with Gasteiger partial charge in [-0.25, -0.2) is 0 Å². The Bertz CT molecular complexity index is 399. The van der Waals surface area contributed by atoms with E-state index >= 15 is 0 Å². The molecule has 1 aromatic rings. The maximum absolute atomic E-state index is 2.22. The quantitative estimate of drug-likeness (QED) is 0.704. The minimum Gasteiger partial charge on any atom is -0.377 e. The number of nitrogens with zero attached hydrogens (tertiary/aromatic N) is 1. The van der Waals surface area contributed by atoms with Crippen molar-refractivity contribution >= 4 is 6.08 Å². The van der Waals surface area contributed by atoms with Crippen LogP contribution < -0.4 is 0 Å². The zero-order valence-electron chi connectivity index (χ0n) is 8.93. The van der Waals surface area contributed by atoms with Crippen LogP contribution in [-0.4, -0.2) is 18.5 Å². The molecule has 1 aliphatic rings. The van der Waals surface area contributed by atoms with E-state index in [0.717, 1.165) is 6.54 Å². The van der Waals surface area contributed by atoms with Crippen molar-refractivity contribution in [2.75, 3.05) is 13.6 Å². The van der Waals surface area contributed by atoms with Crippen LogP contribution in [0.4, 0.5) is 0 Å². The van der Waals surface area contributed by atoms with Gasteiger partial charge in [0.05, 0.1) is 0 Å². The summed E-state index contributed by atoms with van der Waals surface area (Å²) in [7, 11) is 2.07. The molecule has 0 aliphatic carbocycles. The standard InChI is InChI=1S/C14H15N/c1-15-11-9-14(10-12-15)8-7-13-5-3-2-4-6-13/h2-11H,12H2,1H3. The van der Waals surface area contributed by atoms with Crippen molar-refractivity contribution in [2.24, 2.45) is 0 Å². The monoisotopic (exact) mass is 197 g/mol. The molecule has 0 saturated heterocycles. The lowest BCUT2D eigenvalue weighted by Gasteiger charge is -2.15. The van der Waals surface area contributed by atoms with E-state index in [1.54, 1.807) is 0 Å². The number of hydrogen-bond acceptors (Lipinski definition) is 1. The van der Waals surface area contributed by atoms with Crippen LogP contribution in [0.15, 0.2) is 60.3 Å². The molecule has 1 nitrogen and oxygen atoms in total. The van der Waals surface area contributed by atoms with Gasteiger partial charge in [-0.15, -0.1) is 0 Å². The van der Waals surface area contributed by atoms with Crippen molar-refractivity contribution in [3.8, 4) is 0 Å². The number of allylic oxidation sites excluding steroid dienone is 3. The van der Waals surface area contributed by atoms with E-state index in [1.807, 2.05) is 6.07 Å². The molecule has 0 spiro atoms. The van der Waals surface area contributed by atoms with E-state index in [0.29, 0.717) is 0 Å². The largest absolute Gasteiger partial charge is 0.377 e. The van der Waals surface area contributed by atoms with Crippen molar-refractivity contribution < 1.29 is 0 Å². The second-order valence-corrected chi connectivity index (χ2v) is 3.70. The van der Waals surface area contributed by atoms with Gasteiger partial charge in [-0.05, 0) is 23.4 Å². The van der Waals surface area contributed by atoms with Crippen molar-refractivity contribution in [3.05, 3.63) is 65.9 Å². The Morgan fingerprint density at radius 2 is 1.93 bits per heavy atom. The molecular weight excluding hydrogens is 182 g/mol. The van der Waals surface area contributed by atoms with Crippen LogP contribution in [0.5, 0.6) is 0 Å². The van der Waals surface area contributed by atoms with Gasteiger partial charge in [-0.3, -0.25) is 0 Å². The first-order valence-corrected chi connectivity index (χ1v) is 5.16. The zero-order valence-corrected chi connectivity index (χ0v) is 8.93. The Labute approximate surface area is 91.0 Å². The van der Waals surface area contributed by atoms with Crippen LogP contribution in [0.25, 0.3) is 6.08 Å². The lowest BCUT2D eigenvalue weighted by Crippen LogP contribution is -2.12. The van der Waals surface area contributed by atoms with E-state index in [1.165, 1.54) is 11.1 Å². The molecule has 0 aromatic heterocycles. The fraction of sp³-hybridized carbons (Fsp3) is 0.143. The summed E-state index contributed by atoms with van der Waals surface area (Å²) in [6.45, 7) is 0.991. The molecule has 2 rings (SSSR count). The summed E-state index contributed by atoms with van der Waals surface area (Å²) >= 11 is 0. The van der Waals surface area contributed by atoms with Gasteiger partial charge in [0.1, 0.15) is 0 Å². The minimum atomic E-state index is 0.991. The Balaban J connectivity index is 2.04. The molecule has 0 bridgehead atoms. The van der Waals surface area contributed by atoms with Crippen molar-refractivity contribution in [1.82, 2.24) is 4.90 Å². The smallest absolute Gasteiger partial charge is 0.0359 e. The number of rotatable bonds is 2. The summed E-state index contributed by atoms with van der Waals surface area (Å²) in [4.78, 5) is 2.15. The van der Waals surface area contributed by atoms with Crippen LogP contribution in [0.1, 0.15) is 5.56 Å². The molecular formula is C14H15N. The average Bonchev–Trinajstić information content (AvgIpc) is 2.30. The number of likely N-dealkylation sites (N-methyl/N-ethyl adjacent to an activating group) is 1. The van der Waals surface area contributed by atoms with Crippen molar-refractivity contribution in [1.29, 1.82) is 0 Å². The normalized spacial score (nSPS) is 15.8. The van der Waals surface area contributed by atoms with E-state index in [9.17, 15) is 0 Å². The average molecular weight is 197 g/mol. The molecule has 0 N–H and O–H groups in total. The second kappa shape index (κ2) is 4.65. The fourth-order valence-corrected chi connectivity index (χ4v) is 1.47. The van der Waals surface area contributed by atoms with Gasteiger partial charge in [0.15, 0.2) is 0 Å². The van der Waals surface area contributed by atoms with E-state index < -0.39 is 0 Å². The topological polar surface area (TPSA) is 3.24 Å². The predicted octanol–water partition coefficient (Wildman–Crippen LogP) is 3.09. The molecule has 0 unspecified atom stereocenters. The Hall–Kier alpha value is -1.76. The molecule has 76 valence electrons. The summed E-state index contributed by atoms with van der Waals surface area (Å²) in [5, 5.41) is 0. The second-order valence-electron chi connectivity index (χ2n) is 3.70.